The number of aryl methyl sites for hydroxylation is 1. The fraction of sp³-hybridized carbons (Fsp3) is 0.308. The molecule has 0 aliphatic heterocycles. The average molecular weight is 361 g/mol. The SMILES string of the molecule is C#CCNC(=NC)NCc1ccc(F)c(C)c1.I. The van der Waals surface area contributed by atoms with Gasteiger partial charge in [-0.2, -0.15) is 0 Å². The van der Waals surface area contributed by atoms with Crippen molar-refractivity contribution in [2.75, 3.05) is 13.6 Å². The first-order valence-corrected chi connectivity index (χ1v) is 5.30. The molecule has 98 valence electrons. The van der Waals surface area contributed by atoms with Crippen molar-refractivity contribution in [3.8, 4) is 12.3 Å². The Labute approximate surface area is 124 Å². The molecule has 0 heterocycles. The molecule has 0 radical (unpaired) electrons. The quantitative estimate of drug-likeness (QED) is 0.374. The molecular formula is C13H17FIN3. The van der Waals surface area contributed by atoms with E-state index in [-0.39, 0.29) is 29.8 Å². The van der Waals surface area contributed by atoms with Crippen LogP contribution in [0.1, 0.15) is 11.1 Å². The molecule has 1 aromatic rings. The van der Waals surface area contributed by atoms with Crippen LogP contribution in [0.3, 0.4) is 0 Å². The van der Waals surface area contributed by atoms with Crippen LogP contribution in [0.5, 0.6) is 0 Å². The molecule has 0 saturated carbocycles. The Balaban J connectivity index is 0.00000289. The second-order valence-corrected chi connectivity index (χ2v) is 3.57. The summed E-state index contributed by atoms with van der Waals surface area (Å²) in [6.07, 6.45) is 5.14. The predicted octanol–water partition coefficient (Wildman–Crippen LogP) is 2.05. The molecule has 0 saturated heterocycles. The predicted molar refractivity (Wildman–Crippen MR) is 83.6 cm³/mol. The number of rotatable bonds is 3. The molecule has 0 aliphatic carbocycles. The lowest BCUT2D eigenvalue weighted by Crippen LogP contribution is -2.36. The highest BCUT2D eigenvalue weighted by Crippen LogP contribution is 2.08. The van der Waals surface area contributed by atoms with Gasteiger partial charge in [-0.1, -0.05) is 18.1 Å². The minimum Gasteiger partial charge on any atom is -0.352 e. The lowest BCUT2D eigenvalue weighted by Gasteiger charge is -2.10. The lowest BCUT2D eigenvalue weighted by molar-refractivity contribution is 0.617. The number of aliphatic imine (C=N–C) groups is 1. The topological polar surface area (TPSA) is 36.4 Å². The smallest absolute Gasteiger partial charge is 0.192 e. The van der Waals surface area contributed by atoms with E-state index in [2.05, 4.69) is 21.5 Å². The van der Waals surface area contributed by atoms with Crippen LogP contribution in [0.4, 0.5) is 4.39 Å². The van der Waals surface area contributed by atoms with Gasteiger partial charge in [0, 0.05) is 13.6 Å². The van der Waals surface area contributed by atoms with E-state index in [0.717, 1.165) is 5.56 Å². The number of nitrogens with one attached hydrogen (secondary N) is 2. The van der Waals surface area contributed by atoms with Gasteiger partial charge in [-0.05, 0) is 24.1 Å². The molecule has 1 aromatic carbocycles. The van der Waals surface area contributed by atoms with Crippen LogP contribution in [0.15, 0.2) is 23.2 Å². The average Bonchev–Trinajstić information content (AvgIpc) is 2.34. The summed E-state index contributed by atoms with van der Waals surface area (Å²) in [7, 11) is 1.67. The minimum absolute atomic E-state index is 0. The maximum atomic E-state index is 13.1. The molecule has 0 spiro atoms. The molecule has 0 atom stereocenters. The molecule has 0 bridgehead atoms. The summed E-state index contributed by atoms with van der Waals surface area (Å²) < 4.78 is 13.1. The van der Waals surface area contributed by atoms with E-state index in [1.807, 2.05) is 0 Å². The second kappa shape index (κ2) is 8.75. The molecule has 3 nitrogen and oxygen atoms in total. The van der Waals surface area contributed by atoms with Crippen molar-refractivity contribution in [1.82, 2.24) is 10.6 Å². The summed E-state index contributed by atoms with van der Waals surface area (Å²) in [5, 5.41) is 6.03. The Bertz CT molecular complexity index is 452. The lowest BCUT2D eigenvalue weighted by atomic mass is 10.1. The number of benzene rings is 1. The zero-order chi connectivity index (χ0) is 12.7. The van der Waals surface area contributed by atoms with Crippen LogP contribution >= 0.6 is 24.0 Å². The number of halogens is 2. The highest BCUT2D eigenvalue weighted by molar-refractivity contribution is 14.0. The number of guanidine groups is 1. The Hall–Kier alpha value is -1.29. The van der Waals surface area contributed by atoms with Crippen LogP contribution < -0.4 is 10.6 Å². The van der Waals surface area contributed by atoms with Gasteiger partial charge in [-0.15, -0.1) is 30.4 Å². The zero-order valence-electron chi connectivity index (χ0n) is 10.5. The molecule has 0 unspecified atom stereocenters. The van der Waals surface area contributed by atoms with E-state index in [0.29, 0.717) is 24.6 Å². The van der Waals surface area contributed by atoms with E-state index in [9.17, 15) is 4.39 Å². The van der Waals surface area contributed by atoms with Gasteiger partial charge in [-0.3, -0.25) is 4.99 Å². The Morgan fingerprint density at radius 3 is 2.72 bits per heavy atom. The summed E-state index contributed by atoms with van der Waals surface area (Å²) in [6, 6.07) is 5.00. The highest BCUT2D eigenvalue weighted by atomic mass is 127. The van der Waals surface area contributed by atoms with E-state index in [1.54, 1.807) is 26.1 Å². The normalized spacial score (nSPS) is 10.2. The number of nitrogens with zero attached hydrogens (tertiary/aromatic N) is 1. The van der Waals surface area contributed by atoms with Crippen LogP contribution in [-0.4, -0.2) is 19.6 Å². The van der Waals surface area contributed by atoms with Crippen LogP contribution in [0.2, 0.25) is 0 Å². The molecule has 5 heteroatoms. The summed E-state index contributed by atoms with van der Waals surface area (Å²) in [4.78, 5) is 4.01. The number of terminal acetylenes is 1. The molecule has 0 aromatic heterocycles. The van der Waals surface area contributed by atoms with Crippen molar-refractivity contribution in [3.05, 3.63) is 35.1 Å². The van der Waals surface area contributed by atoms with Gasteiger partial charge in [0.2, 0.25) is 0 Å². The fourth-order valence-corrected chi connectivity index (χ4v) is 1.36. The van der Waals surface area contributed by atoms with Crippen LogP contribution in [0.25, 0.3) is 0 Å². The van der Waals surface area contributed by atoms with Crippen molar-refractivity contribution in [1.29, 1.82) is 0 Å². The third kappa shape index (κ3) is 5.36. The highest BCUT2D eigenvalue weighted by Gasteiger charge is 2.00. The molecule has 0 amide bonds. The number of hydrogen-bond donors (Lipinski definition) is 2. The van der Waals surface area contributed by atoms with E-state index < -0.39 is 0 Å². The van der Waals surface area contributed by atoms with E-state index in [4.69, 9.17) is 6.42 Å². The molecule has 2 N–H and O–H groups in total. The summed E-state index contributed by atoms with van der Waals surface area (Å²) in [6.45, 7) is 2.73. The first-order chi connectivity index (χ1) is 8.17. The van der Waals surface area contributed by atoms with Gasteiger partial charge in [0.05, 0.1) is 6.54 Å². The van der Waals surface area contributed by atoms with Gasteiger partial charge < -0.3 is 10.6 Å². The minimum atomic E-state index is -0.191. The zero-order valence-corrected chi connectivity index (χ0v) is 12.8. The first kappa shape index (κ1) is 16.7. The fourth-order valence-electron chi connectivity index (χ4n) is 1.36. The van der Waals surface area contributed by atoms with E-state index >= 15 is 0 Å². The Morgan fingerprint density at radius 1 is 1.44 bits per heavy atom. The monoisotopic (exact) mass is 361 g/mol. The van der Waals surface area contributed by atoms with Crippen LogP contribution in [0, 0.1) is 25.1 Å². The first-order valence-electron chi connectivity index (χ1n) is 5.30. The standard InChI is InChI=1S/C13H16FN3.HI/c1-4-7-16-13(15-3)17-9-11-5-6-12(14)10(2)8-11;/h1,5-6,8H,7,9H2,2-3H3,(H2,15,16,17);1H. The number of hydrogen-bond acceptors (Lipinski definition) is 1. The largest absolute Gasteiger partial charge is 0.352 e. The summed E-state index contributed by atoms with van der Waals surface area (Å²) >= 11 is 0. The molecular weight excluding hydrogens is 344 g/mol. The van der Waals surface area contributed by atoms with Crippen molar-refractivity contribution in [2.24, 2.45) is 4.99 Å². The maximum Gasteiger partial charge on any atom is 0.192 e. The maximum absolute atomic E-state index is 13.1. The molecule has 0 fully saturated rings. The van der Waals surface area contributed by atoms with Gasteiger partial charge in [-0.25, -0.2) is 4.39 Å². The Morgan fingerprint density at radius 2 is 2.17 bits per heavy atom. The van der Waals surface area contributed by atoms with Gasteiger partial charge in [0.15, 0.2) is 5.96 Å². The van der Waals surface area contributed by atoms with Gasteiger partial charge in [0.25, 0.3) is 0 Å². The van der Waals surface area contributed by atoms with Crippen molar-refractivity contribution >= 4 is 29.9 Å². The molecule has 18 heavy (non-hydrogen) atoms. The van der Waals surface area contributed by atoms with Crippen molar-refractivity contribution in [2.45, 2.75) is 13.5 Å². The third-order valence-electron chi connectivity index (χ3n) is 2.26. The second-order valence-electron chi connectivity index (χ2n) is 3.57. The van der Waals surface area contributed by atoms with Gasteiger partial charge in [0.1, 0.15) is 5.82 Å². The van der Waals surface area contributed by atoms with Gasteiger partial charge >= 0.3 is 0 Å². The Kier molecular flexibility index (Phi) is 8.12. The molecule has 1 rings (SSSR count). The third-order valence-corrected chi connectivity index (χ3v) is 2.26. The van der Waals surface area contributed by atoms with Crippen LogP contribution in [-0.2, 0) is 6.54 Å². The summed E-state index contributed by atoms with van der Waals surface area (Å²) in [5.41, 5.74) is 1.63. The van der Waals surface area contributed by atoms with Crippen molar-refractivity contribution < 1.29 is 4.39 Å². The summed E-state index contributed by atoms with van der Waals surface area (Å²) in [5.74, 6) is 2.90. The van der Waals surface area contributed by atoms with E-state index in [1.165, 1.54) is 6.07 Å². The van der Waals surface area contributed by atoms with Crippen molar-refractivity contribution in [3.63, 3.8) is 0 Å². The molecule has 0 aliphatic rings.